The molecule has 100 valence electrons. The van der Waals surface area contributed by atoms with Crippen molar-refractivity contribution in [1.29, 1.82) is 0 Å². The molecule has 1 fully saturated rings. The van der Waals surface area contributed by atoms with Crippen LogP contribution >= 0.6 is 12.0 Å². The van der Waals surface area contributed by atoms with E-state index in [9.17, 15) is 13.6 Å². The van der Waals surface area contributed by atoms with Gasteiger partial charge >= 0.3 is 11.2 Å². The monoisotopic (exact) mass is 274 g/mol. The summed E-state index contributed by atoms with van der Waals surface area (Å²) in [7, 11) is 0. The van der Waals surface area contributed by atoms with Crippen molar-refractivity contribution in [3.8, 4) is 0 Å². The Morgan fingerprint density at radius 1 is 1.53 bits per heavy atom. The molecule has 1 saturated heterocycles. The molecule has 0 radical (unpaired) electrons. The van der Waals surface area contributed by atoms with Gasteiger partial charge in [-0.05, 0) is 19.3 Å². The average molecular weight is 274 g/mol. The highest BCUT2D eigenvalue weighted by atomic mass is 32.2. The smallest absolute Gasteiger partial charge is 0.415 e. The van der Waals surface area contributed by atoms with Gasteiger partial charge < -0.3 is 9.47 Å². The van der Waals surface area contributed by atoms with E-state index in [1.54, 1.807) is 0 Å². The van der Waals surface area contributed by atoms with Gasteiger partial charge in [-0.15, -0.1) is 4.33 Å². The Morgan fingerprint density at radius 2 is 2.29 bits per heavy atom. The topological polar surface area (TPSA) is 74.2 Å². The van der Waals surface area contributed by atoms with Crippen LogP contribution in [-0.4, -0.2) is 35.8 Å². The van der Waals surface area contributed by atoms with E-state index in [1.165, 1.54) is 0 Å². The lowest BCUT2D eigenvalue weighted by atomic mass is 10.1. The first kappa shape index (κ1) is 14.6. The number of rotatable bonds is 6. The molecule has 0 aromatic rings. The first-order valence-corrected chi connectivity index (χ1v) is 5.63. The summed E-state index contributed by atoms with van der Waals surface area (Å²) in [4.78, 5) is 10.9. The summed E-state index contributed by atoms with van der Waals surface area (Å²) in [6, 6.07) is 0. The fourth-order valence-electron chi connectivity index (χ4n) is 1.28. The molecule has 1 N–H and O–H groups in total. The second-order valence-electron chi connectivity index (χ2n) is 3.33. The first-order valence-electron chi connectivity index (χ1n) is 4.89. The first-order chi connectivity index (χ1) is 8.06. The Morgan fingerprint density at radius 3 is 2.88 bits per heavy atom. The van der Waals surface area contributed by atoms with Gasteiger partial charge in [0, 0.05) is 6.61 Å². The quantitative estimate of drug-likeness (QED) is 0.342. The maximum absolute atomic E-state index is 12.9. The molecular weight excluding hydrogens is 262 g/mol. The van der Waals surface area contributed by atoms with Crippen LogP contribution in [0.2, 0.25) is 0 Å². The van der Waals surface area contributed by atoms with Crippen molar-refractivity contribution in [2.75, 3.05) is 13.2 Å². The van der Waals surface area contributed by atoms with Gasteiger partial charge in [0.25, 0.3) is 0 Å². The fraction of sp³-hybridized carbons (Fsp3) is 0.875. The number of carbonyl (C=O) groups is 1. The van der Waals surface area contributed by atoms with Crippen molar-refractivity contribution >= 4 is 18.0 Å². The summed E-state index contributed by atoms with van der Waals surface area (Å²) in [6.45, 7) is 0.309. The maximum atomic E-state index is 12.9. The van der Waals surface area contributed by atoms with Crippen LogP contribution in [-0.2, 0) is 23.6 Å². The van der Waals surface area contributed by atoms with Crippen molar-refractivity contribution in [1.82, 2.24) is 0 Å². The molecule has 0 bridgehead atoms. The van der Waals surface area contributed by atoms with E-state index in [2.05, 4.69) is 14.1 Å². The van der Waals surface area contributed by atoms with Crippen LogP contribution in [0.15, 0.2) is 0 Å². The third kappa shape index (κ3) is 5.13. The lowest BCUT2D eigenvalue weighted by molar-refractivity contribution is -0.433. The molecule has 0 saturated carbocycles. The minimum Gasteiger partial charge on any atom is -0.458 e. The SMILES string of the molecule is O=C(OCC1CCCCO1)C(F)(F)SOOO. The van der Waals surface area contributed by atoms with Gasteiger partial charge in [-0.3, -0.25) is 0 Å². The zero-order valence-corrected chi connectivity index (χ0v) is 9.58. The Kier molecular flexibility index (Phi) is 6.06. The molecule has 6 nitrogen and oxygen atoms in total. The van der Waals surface area contributed by atoms with Crippen molar-refractivity contribution in [3.05, 3.63) is 0 Å². The standard InChI is InChI=1S/C8H12F2O6S/c9-8(10,17-16-15-12)7(11)14-5-6-3-1-2-4-13-6/h6,12H,1-5H2. The van der Waals surface area contributed by atoms with E-state index in [4.69, 9.17) is 9.99 Å². The number of carbonyl (C=O) groups excluding carboxylic acids is 1. The Labute approximate surface area is 100 Å². The lowest BCUT2D eigenvalue weighted by Crippen LogP contribution is -2.32. The van der Waals surface area contributed by atoms with E-state index >= 15 is 0 Å². The molecule has 1 aliphatic heterocycles. The van der Waals surface area contributed by atoms with E-state index in [-0.39, 0.29) is 12.7 Å². The van der Waals surface area contributed by atoms with Gasteiger partial charge in [0.05, 0.1) is 6.10 Å². The summed E-state index contributed by atoms with van der Waals surface area (Å²) in [5.41, 5.74) is 0. The summed E-state index contributed by atoms with van der Waals surface area (Å²) >= 11 is -0.647. The highest BCUT2D eigenvalue weighted by Gasteiger charge is 2.44. The highest BCUT2D eigenvalue weighted by molar-refractivity contribution is 7.96. The molecule has 1 atom stereocenters. The number of halogens is 2. The minimum atomic E-state index is -3.95. The van der Waals surface area contributed by atoms with Crippen molar-refractivity contribution in [2.45, 2.75) is 30.6 Å². The molecule has 9 heteroatoms. The molecule has 0 amide bonds. The molecule has 0 spiro atoms. The van der Waals surface area contributed by atoms with Crippen molar-refractivity contribution in [3.63, 3.8) is 0 Å². The van der Waals surface area contributed by atoms with Gasteiger partial charge in [-0.25, -0.2) is 10.1 Å². The number of ether oxygens (including phenoxy) is 2. The van der Waals surface area contributed by atoms with Crippen molar-refractivity contribution < 1.29 is 37.7 Å². The molecule has 1 aliphatic rings. The Hall–Kier alpha value is -0.480. The summed E-state index contributed by atoms with van der Waals surface area (Å²) in [5, 5.41) is 6.72. The average Bonchev–Trinajstić information content (AvgIpc) is 2.34. The third-order valence-corrected chi connectivity index (χ3v) is 2.59. The van der Waals surface area contributed by atoms with Crippen LogP contribution in [0.1, 0.15) is 19.3 Å². The summed E-state index contributed by atoms with van der Waals surface area (Å²) < 4.78 is 38.9. The predicted octanol–water partition coefficient (Wildman–Crippen LogP) is 1.76. The number of alkyl halides is 2. The number of hydrogen-bond acceptors (Lipinski definition) is 7. The number of esters is 1. The lowest BCUT2D eigenvalue weighted by Gasteiger charge is -2.22. The van der Waals surface area contributed by atoms with E-state index in [1.807, 2.05) is 0 Å². The molecule has 0 aliphatic carbocycles. The maximum Gasteiger partial charge on any atom is 0.415 e. The zero-order chi connectivity index (χ0) is 12.7. The second kappa shape index (κ2) is 7.07. The van der Waals surface area contributed by atoms with Gasteiger partial charge in [-0.1, -0.05) is 5.04 Å². The highest BCUT2D eigenvalue weighted by Crippen LogP contribution is 2.31. The fourth-order valence-corrected chi connectivity index (χ4v) is 1.53. The van der Waals surface area contributed by atoms with Crippen LogP contribution in [0.25, 0.3) is 0 Å². The molecule has 0 aromatic carbocycles. The predicted molar refractivity (Wildman–Crippen MR) is 51.9 cm³/mol. The summed E-state index contributed by atoms with van der Waals surface area (Å²) in [5.74, 6) is -1.77. The second-order valence-corrected chi connectivity index (χ2v) is 4.15. The molecule has 1 unspecified atom stereocenters. The molecule has 17 heavy (non-hydrogen) atoms. The summed E-state index contributed by atoms with van der Waals surface area (Å²) in [6.07, 6.45) is 2.15. The van der Waals surface area contributed by atoms with Gasteiger partial charge in [0.1, 0.15) is 18.6 Å². The van der Waals surface area contributed by atoms with Gasteiger partial charge in [-0.2, -0.15) is 8.78 Å². The third-order valence-electron chi connectivity index (χ3n) is 2.08. The van der Waals surface area contributed by atoms with E-state index in [0.717, 1.165) is 12.8 Å². The van der Waals surface area contributed by atoms with Crippen LogP contribution < -0.4 is 0 Å². The molecule has 0 aromatic heterocycles. The molecule has 1 rings (SSSR count). The zero-order valence-electron chi connectivity index (χ0n) is 8.77. The normalized spacial score (nSPS) is 21.2. The molecular formula is C8H12F2O6S. The number of hydrogen-bond donors (Lipinski definition) is 1. The Balaban J connectivity index is 2.27. The van der Waals surface area contributed by atoms with Crippen molar-refractivity contribution in [2.24, 2.45) is 0 Å². The van der Waals surface area contributed by atoms with Gasteiger partial charge in [0.15, 0.2) is 0 Å². The van der Waals surface area contributed by atoms with Crippen LogP contribution in [0.5, 0.6) is 0 Å². The van der Waals surface area contributed by atoms with E-state index in [0.29, 0.717) is 13.0 Å². The van der Waals surface area contributed by atoms with Crippen LogP contribution in [0, 0.1) is 0 Å². The largest absolute Gasteiger partial charge is 0.458 e. The van der Waals surface area contributed by atoms with Crippen LogP contribution in [0.4, 0.5) is 8.78 Å². The minimum absolute atomic E-state index is 0.227. The van der Waals surface area contributed by atoms with E-state index < -0.39 is 23.3 Å². The molecule has 1 heterocycles. The Bertz CT molecular complexity index is 246. The van der Waals surface area contributed by atoms with Crippen LogP contribution in [0.3, 0.4) is 0 Å². The van der Waals surface area contributed by atoms with Gasteiger partial charge in [0.2, 0.25) is 0 Å².